The van der Waals surface area contributed by atoms with Crippen LogP contribution in [-0.2, 0) is 11.8 Å². The molecule has 2 heterocycles. The molecule has 4 rings (SSSR count). The second-order valence-corrected chi connectivity index (χ2v) is 7.11. The summed E-state index contributed by atoms with van der Waals surface area (Å²) in [6, 6.07) is 14.8. The SMILES string of the molecule is COc1cccc(Oc2ccc(NC(=O)[C@H]3CNC[C@@H]3c3cnn(C)c3)cc2)c1.Cl. The quantitative estimate of drug-likeness (QED) is 0.627. The normalized spacial score (nSPS) is 17.8. The van der Waals surface area contributed by atoms with E-state index < -0.39 is 0 Å². The summed E-state index contributed by atoms with van der Waals surface area (Å²) in [5.74, 6) is 2.11. The van der Waals surface area contributed by atoms with E-state index in [9.17, 15) is 4.79 Å². The fourth-order valence-corrected chi connectivity index (χ4v) is 3.58. The maximum Gasteiger partial charge on any atom is 0.229 e. The molecule has 0 spiro atoms. The molecule has 1 aromatic heterocycles. The molecule has 2 N–H and O–H groups in total. The Balaban J connectivity index is 0.00000256. The first-order valence-corrected chi connectivity index (χ1v) is 9.54. The number of nitrogens with one attached hydrogen (secondary N) is 2. The first-order valence-electron chi connectivity index (χ1n) is 9.54. The zero-order chi connectivity index (χ0) is 20.2. The van der Waals surface area contributed by atoms with Gasteiger partial charge in [-0.3, -0.25) is 9.48 Å². The number of amides is 1. The van der Waals surface area contributed by atoms with E-state index in [1.165, 1.54) is 0 Å². The smallest absolute Gasteiger partial charge is 0.229 e. The lowest BCUT2D eigenvalue weighted by molar-refractivity contribution is -0.119. The molecule has 158 valence electrons. The molecule has 1 aliphatic heterocycles. The van der Waals surface area contributed by atoms with Crippen LogP contribution in [0.3, 0.4) is 0 Å². The van der Waals surface area contributed by atoms with E-state index in [2.05, 4.69) is 15.7 Å². The lowest BCUT2D eigenvalue weighted by Gasteiger charge is -2.17. The van der Waals surface area contributed by atoms with Crippen LogP contribution in [0.2, 0.25) is 0 Å². The minimum absolute atomic E-state index is 0. The third-order valence-corrected chi connectivity index (χ3v) is 5.10. The highest BCUT2D eigenvalue weighted by Crippen LogP contribution is 2.30. The Bertz CT molecular complexity index is 990. The minimum Gasteiger partial charge on any atom is -0.497 e. The molecule has 2 atom stereocenters. The van der Waals surface area contributed by atoms with Gasteiger partial charge in [-0.15, -0.1) is 12.4 Å². The van der Waals surface area contributed by atoms with Crippen molar-refractivity contribution in [1.29, 1.82) is 0 Å². The van der Waals surface area contributed by atoms with Crippen LogP contribution in [0.15, 0.2) is 60.9 Å². The van der Waals surface area contributed by atoms with E-state index in [1.54, 1.807) is 11.8 Å². The molecule has 0 unspecified atom stereocenters. The Morgan fingerprint density at radius 3 is 2.60 bits per heavy atom. The number of aromatic nitrogens is 2. The van der Waals surface area contributed by atoms with Gasteiger partial charge in [-0.05, 0) is 42.0 Å². The predicted octanol–water partition coefficient (Wildman–Crippen LogP) is 3.58. The number of halogens is 1. The fraction of sp³-hybridized carbons (Fsp3) is 0.273. The summed E-state index contributed by atoms with van der Waals surface area (Å²) in [6.07, 6.45) is 3.81. The molecular weight excluding hydrogens is 404 g/mol. The highest BCUT2D eigenvalue weighted by molar-refractivity contribution is 5.93. The molecule has 7 nitrogen and oxygen atoms in total. The van der Waals surface area contributed by atoms with Crippen molar-refractivity contribution in [2.75, 3.05) is 25.5 Å². The van der Waals surface area contributed by atoms with Gasteiger partial charge in [0.15, 0.2) is 0 Å². The van der Waals surface area contributed by atoms with Crippen molar-refractivity contribution >= 4 is 24.0 Å². The zero-order valence-electron chi connectivity index (χ0n) is 16.9. The van der Waals surface area contributed by atoms with E-state index in [0.717, 1.165) is 23.5 Å². The molecule has 1 aliphatic rings. The van der Waals surface area contributed by atoms with Gasteiger partial charge < -0.3 is 20.1 Å². The Hall–Kier alpha value is -3.03. The van der Waals surface area contributed by atoms with Gasteiger partial charge in [-0.2, -0.15) is 5.10 Å². The maximum atomic E-state index is 12.8. The third kappa shape index (κ3) is 4.93. The van der Waals surface area contributed by atoms with Gasteiger partial charge in [0.1, 0.15) is 17.2 Å². The van der Waals surface area contributed by atoms with E-state index >= 15 is 0 Å². The summed E-state index contributed by atoms with van der Waals surface area (Å²) in [6.45, 7) is 1.43. The third-order valence-electron chi connectivity index (χ3n) is 5.10. The van der Waals surface area contributed by atoms with Gasteiger partial charge in [0.05, 0.1) is 19.2 Å². The summed E-state index contributed by atoms with van der Waals surface area (Å²) < 4.78 is 12.8. The van der Waals surface area contributed by atoms with Gasteiger partial charge in [0.25, 0.3) is 0 Å². The van der Waals surface area contributed by atoms with Crippen molar-refractivity contribution in [3.63, 3.8) is 0 Å². The molecule has 0 aliphatic carbocycles. The molecular formula is C22H25ClN4O3. The van der Waals surface area contributed by atoms with E-state index in [-0.39, 0.29) is 30.2 Å². The largest absolute Gasteiger partial charge is 0.497 e. The Labute approximate surface area is 181 Å². The summed E-state index contributed by atoms with van der Waals surface area (Å²) in [4.78, 5) is 12.8. The molecule has 1 amide bonds. The molecule has 1 fully saturated rings. The number of methoxy groups -OCH3 is 1. The van der Waals surface area contributed by atoms with Crippen LogP contribution in [0.5, 0.6) is 17.2 Å². The van der Waals surface area contributed by atoms with Crippen molar-refractivity contribution < 1.29 is 14.3 Å². The Morgan fingerprint density at radius 1 is 1.13 bits per heavy atom. The number of carbonyl (C=O) groups excluding carboxylic acids is 1. The van der Waals surface area contributed by atoms with Gasteiger partial charge >= 0.3 is 0 Å². The van der Waals surface area contributed by atoms with Crippen LogP contribution < -0.4 is 20.1 Å². The number of nitrogens with zero attached hydrogens (tertiary/aromatic N) is 2. The van der Waals surface area contributed by atoms with Crippen molar-refractivity contribution in [3.05, 3.63) is 66.5 Å². The number of ether oxygens (including phenoxy) is 2. The van der Waals surface area contributed by atoms with Gasteiger partial charge in [-0.1, -0.05) is 6.07 Å². The van der Waals surface area contributed by atoms with Gasteiger partial charge in [-0.25, -0.2) is 0 Å². The summed E-state index contributed by atoms with van der Waals surface area (Å²) in [5, 5.41) is 10.6. The first kappa shape index (κ1) is 21.7. The summed E-state index contributed by atoms with van der Waals surface area (Å²) in [7, 11) is 3.51. The number of hydrogen-bond donors (Lipinski definition) is 2. The topological polar surface area (TPSA) is 77.4 Å². The van der Waals surface area contributed by atoms with Crippen LogP contribution in [0.25, 0.3) is 0 Å². The van der Waals surface area contributed by atoms with Gasteiger partial charge in [0, 0.05) is 44.0 Å². The van der Waals surface area contributed by atoms with Crippen molar-refractivity contribution in [1.82, 2.24) is 15.1 Å². The predicted molar refractivity (Wildman–Crippen MR) is 118 cm³/mol. The number of anilines is 1. The zero-order valence-corrected chi connectivity index (χ0v) is 17.7. The molecule has 2 aromatic carbocycles. The summed E-state index contributed by atoms with van der Waals surface area (Å²) in [5.41, 5.74) is 1.82. The monoisotopic (exact) mass is 428 g/mol. The molecule has 0 saturated carbocycles. The number of hydrogen-bond acceptors (Lipinski definition) is 5. The van der Waals surface area contributed by atoms with Crippen LogP contribution in [-0.4, -0.2) is 35.9 Å². The maximum absolute atomic E-state index is 12.8. The number of aryl methyl sites for hydroxylation is 1. The number of carbonyl (C=O) groups is 1. The van der Waals surface area contributed by atoms with E-state index in [1.807, 2.05) is 68.0 Å². The Kier molecular flexibility index (Phi) is 6.97. The van der Waals surface area contributed by atoms with Crippen molar-refractivity contribution in [2.45, 2.75) is 5.92 Å². The van der Waals surface area contributed by atoms with Gasteiger partial charge in [0.2, 0.25) is 5.91 Å². The lowest BCUT2D eigenvalue weighted by atomic mass is 9.90. The first-order chi connectivity index (χ1) is 14.1. The van der Waals surface area contributed by atoms with Crippen LogP contribution in [0.4, 0.5) is 5.69 Å². The Morgan fingerprint density at radius 2 is 1.90 bits per heavy atom. The molecule has 8 heteroatoms. The minimum atomic E-state index is -0.132. The highest BCUT2D eigenvalue weighted by atomic mass is 35.5. The molecule has 30 heavy (non-hydrogen) atoms. The number of benzene rings is 2. The van der Waals surface area contributed by atoms with Crippen LogP contribution in [0.1, 0.15) is 11.5 Å². The average Bonchev–Trinajstić information content (AvgIpc) is 3.38. The standard InChI is InChI=1S/C22H24N4O3.ClH/c1-26-14-15(11-24-26)20-12-23-13-21(20)22(27)25-16-6-8-17(9-7-16)29-19-5-3-4-18(10-19)28-2;/h3-11,14,20-21,23H,12-13H2,1-2H3,(H,25,27);1H/t20-,21+;/m1./s1. The highest BCUT2D eigenvalue weighted by Gasteiger charge is 2.34. The summed E-state index contributed by atoms with van der Waals surface area (Å²) >= 11 is 0. The molecule has 0 bridgehead atoms. The van der Waals surface area contributed by atoms with E-state index in [0.29, 0.717) is 18.0 Å². The van der Waals surface area contributed by atoms with Crippen molar-refractivity contribution in [2.24, 2.45) is 13.0 Å². The van der Waals surface area contributed by atoms with E-state index in [4.69, 9.17) is 9.47 Å². The fourth-order valence-electron chi connectivity index (χ4n) is 3.58. The molecule has 1 saturated heterocycles. The average molecular weight is 429 g/mol. The molecule has 3 aromatic rings. The van der Waals surface area contributed by atoms with Crippen molar-refractivity contribution in [3.8, 4) is 17.2 Å². The van der Waals surface area contributed by atoms with Crippen LogP contribution in [0, 0.1) is 5.92 Å². The molecule has 0 radical (unpaired) electrons. The second-order valence-electron chi connectivity index (χ2n) is 7.11. The lowest BCUT2D eigenvalue weighted by Crippen LogP contribution is -2.28. The van der Waals surface area contributed by atoms with Crippen LogP contribution >= 0.6 is 12.4 Å². The second kappa shape index (κ2) is 9.65. The number of rotatable bonds is 6.